The predicted molar refractivity (Wildman–Crippen MR) is 43.0 cm³/mol. The minimum atomic E-state index is -0.352. The molecule has 2 fully saturated rings. The van der Waals surface area contributed by atoms with Crippen LogP contribution in [0.1, 0.15) is 19.3 Å². The van der Waals surface area contributed by atoms with Crippen molar-refractivity contribution in [2.45, 2.75) is 31.2 Å². The molecule has 2 rings (SSSR count). The number of nitrogens with zero attached hydrogens (tertiary/aromatic N) is 2. The van der Waals surface area contributed by atoms with E-state index >= 15 is 0 Å². The molecule has 1 N–H and O–H groups in total. The molecule has 0 aromatic carbocycles. The Morgan fingerprint density at radius 1 is 1.36 bits per heavy atom. The molecule has 0 bridgehead atoms. The molecule has 64 valence electrons. The Balaban J connectivity index is 2.14. The zero-order valence-corrected chi connectivity index (χ0v) is 7.25. The fraction of sp³-hybridized carbons (Fsp3) is 1.00. The van der Waals surface area contributed by atoms with Gasteiger partial charge in [-0.15, -0.1) is 0 Å². The van der Waals surface area contributed by atoms with E-state index < -0.39 is 0 Å². The van der Waals surface area contributed by atoms with Gasteiger partial charge in [0.1, 0.15) is 0 Å². The van der Waals surface area contributed by atoms with Gasteiger partial charge in [0.2, 0.25) is 0 Å². The van der Waals surface area contributed by atoms with Crippen molar-refractivity contribution in [1.82, 2.24) is 9.80 Å². The third kappa shape index (κ3) is 0.849. The summed E-state index contributed by atoms with van der Waals surface area (Å²) in [7, 11) is 4.00. The first kappa shape index (κ1) is 7.53. The molecule has 1 aliphatic heterocycles. The fourth-order valence-corrected chi connectivity index (χ4v) is 2.29. The average Bonchev–Trinajstić information content (AvgIpc) is 2.12. The molecule has 11 heavy (non-hydrogen) atoms. The summed E-state index contributed by atoms with van der Waals surface area (Å²) in [5.41, 5.74) is 0.328. The lowest BCUT2D eigenvalue weighted by Crippen LogP contribution is -2.51. The van der Waals surface area contributed by atoms with Crippen molar-refractivity contribution in [3.8, 4) is 0 Å². The topological polar surface area (TPSA) is 26.7 Å². The van der Waals surface area contributed by atoms with Crippen LogP contribution >= 0.6 is 0 Å². The van der Waals surface area contributed by atoms with Gasteiger partial charge in [-0.1, -0.05) is 0 Å². The molecule has 0 aromatic heterocycles. The SMILES string of the molecule is CN1CC2(CCC2)N(C)C1O. The van der Waals surface area contributed by atoms with Crippen LogP contribution in [0.5, 0.6) is 0 Å². The van der Waals surface area contributed by atoms with Crippen LogP contribution in [-0.2, 0) is 0 Å². The highest BCUT2D eigenvalue weighted by Crippen LogP contribution is 2.42. The summed E-state index contributed by atoms with van der Waals surface area (Å²) in [6, 6.07) is 0. The standard InChI is InChI=1S/C8H16N2O/c1-9-6-8(4-3-5-8)10(2)7(9)11/h7,11H,3-6H2,1-2H3. The lowest BCUT2D eigenvalue weighted by atomic mass is 9.76. The molecule has 1 spiro atoms. The Labute approximate surface area is 67.6 Å². The zero-order chi connectivity index (χ0) is 8.06. The van der Waals surface area contributed by atoms with Crippen LogP contribution in [-0.4, -0.2) is 47.4 Å². The molecular weight excluding hydrogens is 140 g/mol. The third-order valence-electron chi connectivity index (χ3n) is 3.32. The van der Waals surface area contributed by atoms with Gasteiger partial charge in [-0.25, -0.2) is 0 Å². The van der Waals surface area contributed by atoms with Gasteiger partial charge in [0, 0.05) is 12.1 Å². The first-order valence-corrected chi connectivity index (χ1v) is 4.27. The van der Waals surface area contributed by atoms with Gasteiger partial charge in [-0.05, 0) is 33.4 Å². The zero-order valence-electron chi connectivity index (χ0n) is 7.25. The first-order chi connectivity index (χ1) is 5.16. The fourth-order valence-electron chi connectivity index (χ4n) is 2.29. The lowest BCUT2D eigenvalue weighted by Gasteiger charge is -2.43. The van der Waals surface area contributed by atoms with Crippen LogP contribution in [0.15, 0.2) is 0 Å². The summed E-state index contributed by atoms with van der Waals surface area (Å²) in [5, 5.41) is 9.62. The van der Waals surface area contributed by atoms with Crippen LogP contribution < -0.4 is 0 Å². The summed E-state index contributed by atoms with van der Waals surface area (Å²) >= 11 is 0. The predicted octanol–water partition coefficient (Wildman–Crippen LogP) is 0.0622. The maximum absolute atomic E-state index is 9.62. The molecule has 1 aliphatic carbocycles. The van der Waals surface area contributed by atoms with E-state index in [4.69, 9.17) is 0 Å². The number of aliphatic hydroxyl groups is 1. The maximum atomic E-state index is 9.62. The van der Waals surface area contributed by atoms with E-state index in [0.29, 0.717) is 5.54 Å². The van der Waals surface area contributed by atoms with Crippen molar-refractivity contribution >= 4 is 0 Å². The molecule has 3 heteroatoms. The highest BCUT2D eigenvalue weighted by molar-refractivity contribution is 5.03. The molecule has 0 radical (unpaired) electrons. The van der Waals surface area contributed by atoms with Crippen molar-refractivity contribution < 1.29 is 5.11 Å². The number of hydrogen-bond donors (Lipinski definition) is 1. The van der Waals surface area contributed by atoms with Gasteiger partial charge >= 0.3 is 0 Å². The maximum Gasteiger partial charge on any atom is 0.165 e. The molecule has 1 heterocycles. The number of rotatable bonds is 0. The van der Waals surface area contributed by atoms with Gasteiger partial charge in [0.05, 0.1) is 0 Å². The van der Waals surface area contributed by atoms with Crippen molar-refractivity contribution in [3.63, 3.8) is 0 Å². The quantitative estimate of drug-likeness (QED) is 0.537. The van der Waals surface area contributed by atoms with Gasteiger partial charge < -0.3 is 5.11 Å². The van der Waals surface area contributed by atoms with Crippen LogP contribution in [0.25, 0.3) is 0 Å². The van der Waals surface area contributed by atoms with E-state index in [9.17, 15) is 5.11 Å². The van der Waals surface area contributed by atoms with E-state index in [2.05, 4.69) is 4.90 Å². The Hall–Kier alpha value is -0.120. The summed E-state index contributed by atoms with van der Waals surface area (Å²) in [6.45, 7) is 1.03. The molecule has 3 nitrogen and oxygen atoms in total. The Morgan fingerprint density at radius 2 is 2.00 bits per heavy atom. The summed E-state index contributed by atoms with van der Waals surface area (Å²) in [6.07, 6.45) is 3.48. The van der Waals surface area contributed by atoms with Gasteiger partial charge in [0.25, 0.3) is 0 Å². The average molecular weight is 156 g/mol. The van der Waals surface area contributed by atoms with E-state index in [1.54, 1.807) is 0 Å². The summed E-state index contributed by atoms with van der Waals surface area (Å²) in [5.74, 6) is 0. The lowest BCUT2D eigenvalue weighted by molar-refractivity contribution is -0.0690. The molecule has 0 aromatic rings. The second kappa shape index (κ2) is 2.19. The van der Waals surface area contributed by atoms with Crippen molar-refractivity contribution in [1.29, 1.82) is 0 Å². The minimum Gasteiger partial charge on any atom is -0.365 e. The van der Waals surface area contributed by atoms with Crippen molar-refractivity contribution in [2.75, 3.05) is 20.6 Å². The molecule has 0 amide bonds. The van der Waals surface area contributed by atoms with Crippen molar-refractivity contribution in [2.24, 2.45) is 0 Å². The second-order valence-electron chi connectivity index (χ2n) is 3.95. The smallest absolute Gasteiger partial charge is 0.165 e. The largest absolute Gasteiger partial charge is 0.365 e. The molecule has 2 aliphatic rings. The number of aliphatic hydroxyl groups excluding tert-OH is 1. The third-order valence-corrected chi connectivity index (χ3v) is 3.32. The van der Waals surface area contributed by atoms with Crippen LogP contribution in [0, 0.1) is 0 Å². The molecule has 1 saturated carbocycles. The highest BCUT2D eigenvalue weighted by Gasteiger charge is 2.50. The Morgan fingerprint density at radius 3 is 2.18 bits per heavy atom. The molecule has 1 atom stereocenters. The summed E-state index contributed by atoms with van der Waals surface area (Å²) in [4.78, 5) is 4.12. The van der Waals surface area contributed by atoms with Gasteiger partial charge in [0.15, 0.2) is 6.35 Å². The van der Waals surface area contributed by atoms with Gasteiger partial charge in [-0.2, -0.15) is 0 Å². The molecule has 1 saturated heterocycles. The Bertz CT molecular complexity index is 167. The van der Waals surface area contributed by atoms with E-state index in [1.807, 2.05) is 19.0 Å². The normalized spacial score (nSPS) is 37.9. The van der Waals surface area contributed by atoms with E-state index in [0.717, 1.165) is 6.54 Å². The summed E-state index contributed by atoms with van der Waals surface area (Å²) < 4.78 is 0. The molecular formula is C8H16N2O. The highest BCUT2D eigenvalue weighted by atomic mass is 16.3. The van der Waals surface area contributed by atoms with Crippen LogP contribution in [0.4, 0.5) is 0 Å². The van der Waals surface area contributed by atoms with Crippen LogP contribution in [0.2, 0.25) is 0 Å². The number of hydrogen-bond acceptors (Lipinski definition) is 3. The monoisotopic (exact) mass is 156 g/mol. The van der Waals surface area contributed by atoms with Gasteiger partial charge in [-0.3, -0.25) is 9.80 Å². The number of likely N-dealkylation sites (N-methyl/N-ethyl adjacent to an activating group) is 2. The van der Waals surface area contributed by atoms with E-state index in [1.165, 1.54) is 19.3 Å². The Kier molecular flexibility index (Phi) is 1.50. The molecule has 1 unspecified atom stereocenters. The first-order valence-electron chi connectivity index (χ1n) is 4.27. The van der Waals surface area contributed by atoms with Crippen LogP contribution in [0.3, 0.4) is 0 Å². The van der Waals surface area contributed by atoms with Crippen molar-refractivity contribution in [3.05, 3.63) is 0 Å². The van der Waals surface area contributed by atoms with E-state index in [-0.39, 0.29) is 6.35 Å². The second-order valence-corrected chi connectivity index (χ2v) is 3.95. The minimum absolute atomic E-state index is 0.328.